The Kier molecular flexibility index (Phi) is 4.07. The lowest BCUT2D eigenvalue weighted by Gasteiger charge is -2.46. The Morgan fingerprint density at radius 1 is 0.821 bits per heavy atom. The van der Waals surface area contributed by atoms with E-state index in [1.165, 1.54) is 5.56 Å². The zero-order valence-corrected chi connectivity index (χ0v) is 16.1. The van der Waals surface area contributed by atoms with Crippen molar-refractivity contribution >= 4 is 17.4 Å². The standard InChI is InChI=1S/C26H19ClO/c27-20-15-16-24-22(17-20)25(28)21-13-7-8-14-23(21)26(24,18-9-3-1-4-10-18)19-11-5-2-6-12-19/h1-11,13-17,19H,12H2. The molecule has 0 aliphatic heterocycles. The number of carbonyl (C=O) groups excluding carboxylic acids is 1. The quantitative estimate of drug-likeness (QED) is 0.504. The lowest BCUT2D eigenvalue weighted by molar-refractivity contribution is 0.102. The van der Waals surface area contributed by atoms with Gasteiger partial charge in [0.2, 0.25) is 0 Å². The maximum atomic E-state index is 13.4. The van der Waals surface area contributed by atoms with Crippen LogP contribution >= 0.6 is 11.6 Å². The van der Waals surface area contributed by atoms with E-state index in [9.17, 15) is 4.79 Å². The SMILES string of the molecule is O=C1c2ccccc2C(c2ccccc2)(C2C=CC=CC2)c2ccc(Cl)cc21. The summed E-state index contributed by atoms with van der Waals surface area (Å²) in [4.78, 5) is 13.4. The van der Waals surface area contributed by atoms with E-state index < -0.39 is 5.41 Å². The average Bonchev–Trinajstić information content (AvgIpc) is 2.76. The number of hydrogen-bond acceptors (Lipinski definition) is 1. The van der Waals surface area contributed by atoms with Gasteiger partial charge in [0.25, 0.3) is 0 Å². The summed E-state index contributed by atoms with van der Waals surface area (Å²) in [5.74, 6) is 0.254. The molecule has 0 heterocycles. The van der Waals surface area contributed by atoms with E-state index in [1.807, 2.05) is 42.5 Å². The van der Waals surface area contributed by atoms with Crippen LogP contribution in [0, 0.1) is 5.92 Å². The molecule has 136 valence electrons. The molecule has 0 radical (unpaired) electrons. The normalized spacial score (nSPS) is 22.6. The Balaban J connectivity index is 1.94. The van der Waals surface area contributed by atoms with Gasteiger partial charge in [0.15, 0.2) is 5.78 Å². The molecule has 3 aromatic carbocycles. The smallest absolute Gasteiger partial charge is 0.193 e. The first kappa shape index (κ1) is 17.2. The third-order valence-electron chi connectivity index (χ3n) is 6.01. The number of hydrogen-bond donors (Lipinski definition) is 0. The highest BCUT2D eigenvalue weighted by molar-refractivity contribution is 6.31. The van der Waals surface area contributed by atoms with E-state index in [0.29, 0.717) is 10.6 Å². The highest BCUT2D eigenvalue weighted by atomic mass is 35.5. The second-order valence-corrected chi connectivity index (χ2v) is 7.83. The van der Waals surface area contributed by atoms with Gasteiger partial charge in [-0.05, 0) is 41.2 Å². The van der Waals surface area contributed by atoms with Crippen molar-refractivity contribution in [2.24, 2.45) is 5.92 Å². The van der Waals surface area contributed by atoms with Crippen LogP contribution in [-0.4, -0.2) is 5.78 Å². The molecular formula is C26H19ClO. The third kappa shape index (κ3) is 2.36. The summed E-state index contributed by atoms with van der Waals surface area (Å²) in [5, 5.41) is 0.590. The summed E-state index contributed by atoms with van der Waals surface area (Å²) in [5.41, 5.74) is 4.35. The lowest BCUT2D eigenvalue weighted by atomic mass is 9.56. The number of ketones is 1. The van der Waals surface area contributed by atoms with E-state index in [0.717, 1.165) is 23.1 Å². The monoisotopic (exact) mass is 382 g/mol. The summed E-state index contributed by atoms with van der Waals surface area (Å²) < 4.78 is 0. The fourth-order valence-corrected chi connectivity index (χ4v) is 5.06. The minimum absolute atomic E-state index is 0.0509. The van der Waals surface area contributed by atoms with E-state index in [-0.39, 0.29) is 11.7 Å². The number of fused-ring (bicyclic) bond motifs is 2. The van der Waals surface area contributed by atoms with Crippen molar-refractivity contribution in [2.45, 2.75) is 11.8 Å². The van der Waals surface area contributed by atoms with Crippen LogP contribution in [-0.2, 0) is 5.41 Å². The van der Waals surface area contributed by atoms with Crippen LogP contribution in [0.15, 0.2) is 97.1 Å². The van der Waals surface area contributed by atoms with Crippen LogP contribution in [0.2, 0.25) is 5.02 Å². The Morgan fingerprint density at radius 3 is 2.36 bits per heavy atom. The van der Waals surface area contributed by atoms with Gasteiger partial charge < -0.3 is 0 Å². The summed E-state index contributed by atoms with van der Waals surface area (Å²) in [6.45, 7) is 0. The van der Waals surface area contributed by atoms with Crippen molar-refractivity contribution in [3.8, 4) is 0 Å². The maximum Gasteiger partial charge on any atom is 0.193 e. The Labute approximate surface area is 170 Å². The lowest BCUT2D eigenvalue weighted by Crippen LogP contribution is -2.42. The van der Waals surface area contributed by atoms with Crippen molar-refractivity contribution in [1.29, 1.82) is 0 Å². The molecule has 0 aromatic heterocycles. The van der Waals surface area contributed by atoms with Crippen molar-refractivity contribution in [3.63, 3.8) is 0 Å². The van der Waals surface area contributed by atoms with Crippen LogP contribution in [0.25, 0.3) is 0 Å². The molecule has 0 N–H and O–H groups in total. The van der Waals surface area contributed by atoms with E-state index in [4.69, 9.17) is 11.6 Å². The number of rotatable bonds is 2. The molecule has 0 saturated carbocycles. The van der Waals surface area contributed by atoms with Gasteiger partial charge in [0.1, 0.15) is 0 Å². The van der Waals surface area contributed by atoms with Gasteiger partial charge in [0, 0.05) is 16.1 Å². The van der Waals surface area contributed by atoms with Gasteiger partial charge in [-0.1, -0.05) is 96.6 Å². The van der Waals surface area contributed by atoms with Crippen LogP contribution in [0.1, 0.15) is 39.0 Å². The first-order valence-corrected chi connectivity index (χ1v) is 9.94. The van der Waals surface area contributed by atoms with Gasteiger partial charge in [-0.15, -0.1) is 0 Å². The van der Waals surface area contributed by atoms with Gasteiger partial charge in [-0.2, -0.15) is 0 Å². The topological polar surface area (TPSA) is 17.1 Å². The molecule has 2 unspecified atom stereocenters. The summed E-state index contributed by atoms with van der Waals surface area (Å²) >= 11 is 6.32. The van der Waals surface area contributed by atoms with Crippen molar-refractivity contribution in [3.05, 3.63) is 130 Å². The Morgan fingerprint density at radius 2 is 1.57 bits per heavy atom. The van der Waals surface area contributed by atoms with Crippen LogP contribution in [0.3, 0.4) is 0 Å². The second kappa shape index (κ2) is 6.61. The fraction of sp³-hybridized carbons (Fsp3) is 0.115. The zero-order chi connectivity index (χ0) is 19.1. The number of allylic oxidation sites excluding steroid dienone is 4. The Hall–Kier alpha value is -2.90. The molecule has 0 amide bonds. The third-order valence-corrected chi connectivity index (χ3v) is 6.25. The maximum absolute atomic E-state index is 13.4. The number of carbonyl (C=O) groups is 1. The van der Waals surface area contributed by atoms with Crippen molar-refractivity contribution in [2.75, 3.05) is 0 Å². The molecule has 28 heavy (non-hydrogen) atoms. The predicted molar refractivity (Wildman–Crippen MR) is 114 cm³/mol. The molecule has 2 atom stereocenters. The number of benzene rings is 3. The van der Waals surface area contributed by atoms with Gasteiger partial charge >= 0.3 is 0 Å². The van der Waals surface area contributed by atoms with E-state index >= 15 is 0 Å². The van der Waals surface area contributed by atoms with Crippen molar-refractivity contribution < 1.29 is 4.79 Å². The minimum Gasteiger partial charge on any atom is -0.289 e. The Bertz CT molecular complexity index is 1130. The fourth-order valence-electron chi connectivity index (χ4n) is 4.89. The molecule has 0 fully saturated rings. The van der Waals surface area contributed by atoms with Crippen LogP contribution < -0.4 is 0 Å². The molecule has 5 rings (SSSR count). The highest BCUT2D eigenvalue weighted by Gasteiger charge is 2.48. The zero-order valence-electron chi connectivity index (χ0n) is 15.3. The molecule has 0 saturated heterocycles. The van der Waals surface area contributed by atoms with Crippen LogP contribution in [0.4, 0.5) is 0 Å². The van der Waals surface area contributed by atoms with Crippen LogP contribution in [0.5, 0.6) is 0 Å². The summed E-state index contributed by atoms with van der Waals surface area (Å²) in [7, 11) is 0. The molecule has 0 spiro atoms. The molecule has 2 aliphatic rings. The van der Waals surface area contributed by atoms with Gasteiger partial charge in [-0.3, -0.25) is 4.79 Å². The summed E-state index contributed by atoms with van der Waals surface area (Å²) in [6.07, 6.45) is 9.61. The van der Waals surface area contributed by atoms with E-state index in [2.05, 4.69) is 54.6 Å². The highest BCUT2D eigenvalue weighted by Crippen LogP contribution is 2.53. The molecule has 2 aliphatic carbocycles. The molecule has 2 heteroatoms. The molecule has 1 nitrogen and oxygen atoms in total. The largest absolute Gasteiger partial charge is 0.289 e. The average molecular weight is 383 g/mol. The predicted octanol–water partition coefficient (Wildman–Crippen LogP) is 6.35. The number of halogens is 1. The first-order chi connectivity index (χ1) is 13.7. The van der Waals surface area contributed by atoms with E-state index in [1.54, 1.807) is 0 Å². The molecule has 0 bridgehead atoms. The van der Waals surface area contributed by atoms with Gasteiger partial charge in [-0.25, -0.2) is 0 Å². The first-order valence-electron chi connectivity index (χ1n) is 9.56. The molecule has 3 aromatic rings. The van der Waals surface area contributed by atoms with Crippen molar-refractivity contribution in [1.82, 2.24) is 0 Å². The second-order valence-electron chi connectivity index (χ2n) is 7.39. The molecular weight excluding hydrogens is 364 g/mol. The van der Waals surface area contributed by atoms with Gasteiger partial charge in [0.05, 0.1) is 5.41 Å². The summed E-state index contributed by atoms with van der Waals surface area (Å²) in [6, 6.07) is 24.4. The minimum atomic E-state index is -0.438.